The largest absolute Gasteiger partial charge is 0.423 e. The van der Waals surface area contributed by atoms with Gasteiger partial charge in [-0.25, -0.2) is 13.6 Å². The van der Waals surface area contributed by atoms with Crippen LogP contribution in [0.15, 0.2) is 60.7 Å². The van der Waals surface area contributed by atoms with Gasteiger partial charge in [-0.15, -0.1) is 0 Å². The standard InChI is InChI=1S/C20H10ClF2NO2/c21-17-10-19(23)18(22)9-16(17)20(25)26-15-7-5-14(6-8-15)13-3-1-12(11-24)2-4-13/h1-10H. The summed E-state index contributed by atoms with van der Waals surface area (Å²) in [5.74, 6) is -2.98. The molecule has 0 aliphatic carbocycles. The summed E-state index contributed by atoms with van der Waals surface area (Å²) < 4.78 is 31.5. The molecular formula is C20H10ClF2NO2. The molecule has 0 radical (unpaired) electrons. The van der Waals surface area contributed by atoms with Gasteiger partial charge in [-0.2, -0.15) is 5.26 Å². The first kappa shape index (κ1) is 17.6. The predicted molar refractivity (Wildman–Crippen MR) is 92.9 cm³/mol. The molecule has 128 valence electrons. The molecule has 0 aliphatic rings. The van der Waals surface area contributed by atoms with Gasteiger partial charge in [-0.3, -0.25) is 0 Å². The molecule has 0 spiro atoms. The number of carbonyl (C=O) groups excluding carboxylic acids is 1. The van der Waals surface area contributed by atoms with Crippen molar-refractivity contribution < 1.29 is 18.3 Å². The fourth-order valence-corrected chi connectivity index (χ4v) is 2.52. The van der Waals surface area contributed by atoms with E-state index in [0.717, 1.165) is 17.2 Å². The predicted octanol–water partition coefficient (Wildman–Crippen LogP) is 5.38. The monoisotopic (exact) mass is 369 g/mol. The van der Waals surface area contributed by atoms with Crippen LogP contribution in [0.25, 0.3) is 11.1 Å². The Kier molecular flexibility index (Phi) is 4.97. The van der Waals surface area contributed by atoms with Gasteiger partial charge < -0.3 is 4.74 Å². The Morgan fingerprint density at radius 2 is 1.46 bits per heavy atom. The highest BCUT2D eigenvalue weighted by Crippen LogP contribution is 2.25. The number of esters is 1. The van der Waals surface area contributed by atoms with Crippen molar-refractivity contribution in [2.45, 2.75) is 0 Å². The molecule has 0 saturated carbocycles. The van der Waals surface area contributed by atoms with Crippen LogP contribution in [0.3, 0.4) is 0 Å². The van der Waals surface area contributed by atoms with E-state index >= 15 is 0 Å². The summed E-state index contributed by atoms with van der Waals surface area (Å²) in [6, 6.07) is 17.1. The summed E-state index contributed by atoms with van der Waals surface area (Å²) in [5, 5.41) is 8.58. The number of nitriles is 1. The Labute approximate surface area is 153 Å². The van der Waals surface area contributed by atoms with Crippen molar-refractivity contribution in [2.24, 2.45) is 0 Å². The summed E-state index contributed by atoms with van der Waals surface area (Å²) in [6.07, 6.45) is 0. The zero-order valence-electron chi connectivity index (χ0n) is 13.2. The molecule has 0 unspecified atom stereocenters. The third kappa shape index (κ3) is 3.71. The maximum absolute atomic E-state index is 13.3. The molecule has 6 heteroatoms. The van der Waals surface area contributed by atoms with Crippen molar-refractivity contribution in [3.8, 4) is 22.9 Å². The third-order valence-corrected chi connectivity index (χ3v) is 3.95. The lowest BCUT2D eigenvalue weighted by atomic mass is 10.0. The van der Waals surface area contributed by atoms with Crippen LogP contribution >= 0.6 is 11.6 Å². The van der Waals surface area contributed by atoms with Crippen molar-refractivity contribution in [1.82, 2.24) is 0 Å². The summed E-state index contributed by atoms with van der Waals surface area (Å²) in [4.78, 5) is 12.1. The Balaban J connectivity index is 1.78. The van der Waals surface area contributed by atoms with Crippen molar-refractivity contribution in [2.75, 3.05) is 0 Å². The van der Waals surface area contributed by atoms with Crippen molar-refractivity contribution in [1.29, 1.82) is 5.26 Å². The van der Waals surface area contributed by atoms with E-state index in [0.29, 0.717) is 11.6 Å². The molecule has 3 nitrogen and oxygen atoms in total. The second-order valence-electron chi connectivity index (χ2n) is 5.35. The van der Waals surface area contributed by atoms with Crippen molar-refractivity contribution >= 4 is 17.6 Å². The Bertz CT molecular complexity index is 1010. The van der Waals surface area contributed by atoms with Crippen LogP contribution < -0.4 is 4.74 Å². The maximum Gasteiger partial charge on any atom is 0.345 e. The van der Waals surface area contributed by atoms with Gasteiger partial charge in [0.1, 0.15) is 5.75 Å². The molecule has 0 amide bonds. The van der Waals surface area contributed by atoms with Gasteiger partial charge in [0.05, 0.1) is 22.2 Å². The average Bonchev–Trinajstić information content (AvgIpc) is 2.65. The highest BCUT2D eigenvalue weighted by atomic mass is 35.5. The minimum Gasteiger partial charge on any atom is -0.423 e. The minimum absolute atomic E-state index is 0.230. The van der Waals surface area contributed by atoms with E-state index in [-0.39, 0.29) is 16.3 Å². The Hall–Kier alpha value is -3.23. The lowest BCUT2D eigenvalue weighted by Gasteiger charge is -2.08. The third-order valence-electron chi connectivity index (χ3n) is 3.64. The van der Waals surface area contributed by atoms with Gasteiger partial charge in [0.25, 0.3) is 0 Å². The van der Waals surface area contributed by atoms with Gasteiger partial charge in [-0.05, 0) is 47.5 Å². The number of nitrogens with zero attached hydrogens (tertiary/aromatic N) is 1. The SMILES string of the molecule is N#Cc1ccc(-c2ccc(OC(=O)c3cc(F)c(F)cc3Cl)cc2)cc1. The van der Waals surface area contributed by atoms with Gasteiger partial charge in [0, 0.05) is 0 Å². The molecule has 26 heavy (non-hydrogen) atoms. The molecule has 0 saturated heterocycles. The number of ether oxygens (including phenoxy) is 1. The molecule has 3 aromatic rings. The molecule has 3 aromatic carbocycles. The average molecular weight is 370 g/mol. The lowest BCUT2D eigenvalue weighted by Crippen LogP contribution is -2.10. The number of carbonyl (C=O) groups is 1. The molecule has 0 atom stereocenters. The first-order valence-electron chi connectivity index (χ1n) is 7.45. The van der Waals surface area contributed by atoms with Gasteiger partial charge in [-0.1, -0.05) is 35.9 Å². The summed E-state index contributed by atoms with van der Waals surface area (Å²) in [6.45, 7) is 0. The number of halogens is 3. The molecule has 3 rings (SSSR count). The molecule has 0 heterocycles. The second-order valence-corrected chi connectivity index (χ2v) is 5.76. The lowest BCUT2D eigenvalue weighted by molar-refractivity contribution is 0.0734. The molecule has 0 fully saturated rings. The first-order valence-corrected chi connectivity index (χ1v) is 7.83. The molecular weight excluding hydrogens is 360 g/mol. The van der Waals surface area contributed by atoms with E-state index < -0.39 is 17.6 Å². The van der Waals surface area contributed by atoms with Crippen LogP contribution in [-0.4, -0.2) is 5.97 Å². The van der Waals surface area contributed by atoms with Gasteiger partial charge >= 0.3 is 5.97 Å². The summed E-state index contributed by atoms with van der Waals surface area (Å²) in [7, 11) is 0. The highest BCUT2D eigenvalue weighted by Gasteiger charge is 2.17. The zero-order valence-corrected chi connectivity index (χ0v) is 13.9. The van der Waals surface area contributed by atoms with Gasteiger partial charge in [0.15, 0.2) is 11.6 Å². The van der Waals surface area contributed by atoms with E-state index in [1.54, 1.807) is 48.5 Å². The van der Waals surface area contributed by atoms with E-state index in [1.165, 1.54) is 0 Å². The van der Waals surface area contributed by atoms with E-state index in [2.05, 4.69) is 0 Å². The maximum atomic E-state index is 13.3. The minimum atomic E-state index is -1.18. The molecule has 0 aromatic heterocycles. The van der Waals surface area contributed by atoms with Crippen molar-refractivity contribution in [3.63, 3.8) is 0 Å². The molecule has 0 bridgehead atoms. The molecule has 0 aliphatic heterocycles. The second kappa shape index (κ2) is 7.34. The van der Waals surface area contributed by atoms with E-state index in [4.69, 9.17) is 21.6 Å². The fourth-order valence-electron chi connectivity index (χ4n) is 2.29. The summed E-state index contributed by atoms with van der Waals surface area (Å²) >= 11 is 5.76. The first-order chi connectivity index (χ1) is 12.5. The Morgan fingerprint density at radius 3 is 2.04 bits per heavy atom. The summed E-state index contributed by atoms with van der Waals surface area (Å²) in [5.41, 5.74) is 2.05. The highest BCUT2D eigenvalue weighted by molar-refractivity contribution is 6.33. The van der Waals surface area contributed by atoms with E-state index in [1.807, 2.05) is 6.07 Å². The van der Waals surface area contributed by atoms with Gasteiger partial charge in [0.2, 0.25) is 0 Å². The zero-order chi connectivity index (χ0) is 18.7. The smallest absolute Gasteiger partial charge is 0.345 e. The number of hydrogen-bond donors (Lipinski definition) is 0. The number of benzene rings is 3. The van der Waals surface area contributed by atoms with Crippen LogP contribution in [-0.2, 0) is 0 Å². The number of hydrogen-bond acceptors (Lipinski definition) is 3. The van der Waals surface area contributed by atoms with E-state index in [9.17, 15) is 13.6 Å². The van der Waals surface area contributed by atoms with Crippen molar-refractivity contribution in [3.05, 3.63) is 88.4 Å². The normalized spacial score (nSPS) is 10.2. The van der Waals surface area contributed by atoms with Crippen LogP contribution in [0.5, 0.6) is 5.75 Å². The molecule has 0 N–H and O–H groups in total. The van der Waals surface area contributed by atoms with Crippen LogP contribution in [0.4, 0.5) is 8.78 Å². The Morgan fingerprint density at radius 1 is 0.923 bits per heavy atom. The quantitative estimate of drug-likeness (QED) is 0.354. The van der Waals surface area contributed by atoms with Crippen LogP contribution in [0.2, 0.25) is 5.02 Å². The number of rotatable bonds is 3. The van der Waals surface area contributed by atoms with Crippen LogP contribution in [0.1, 0.15) is 15.9 Å². The van der Waals surface area contributed by atoms with Crippen LogP contribution in [0, 0.1) is 23.0 Å². The topological polar surface area (TPSA) is 50.1 Å². The fraction of sp³-hybridized carbons (Fsp3) is 0.